The lowest BCUT2D eigenvalue weighted by Crippen LogP contribution is -2.49. The van der Waals surface area contributed by atoms with Crippen LogP contribution in [0.3, 0.4) is 0 Å². The Hall–Kier alpha value is -2.02. The minimum absolute atomic E-state index is 0.0204. The number of fused-ring (bicyclic) bond motifs is 2. The van der Waals surface area contributed by atoms with E-state index in [9.17, 15) is 18.0 Å². The van der Waals surface area contributed by atoms with Crippen LogP contribution in [0.2, 0.25) is 0 Å². The van der Waals surface area contributed by atoms with Crippen molar-refractivity contribution in [3.05, 3.63) is 41.5 Å². The second kappa shape index (κ2) is 8.33. The van der Waals surface area contributed by atoms with Gasteiger partial charge in [-0.3, -0.25) is 9.69 Å². The smallest absolute Gasteiger partial charge is 0.416 e. The van der Waals surface area contributed by atoms with Crippen LogP contribution in [0.1, 0.15) is 45.1 Å². The Kier molecular flexibility index (Phi) is 5.74. The molecule has 0 unspecified atom stereocenters. The number of hydrogen-bond acceptors (Lipinski definition) is 4. The summed E-state index contributed by atoms with van der Waals surface area (Å²) < 4.78 is 45.1. The van der Waals surface area contributed by atoms with E-state index in [1.165, 1.54) is 37.0 Å². The second-order valence-corrected chi connectivity index (χ2v) is 10.7. The molecule has 0 spiro atoms. The minimum atomic E-state index is -4.34. The third-order valence-electron chi connectivity index (χ3n) is 8.45. The van der Waals surface area contributed by atoms with E-state index in [2.05, 4.69) is 24.8 Å². The molecule has 4 nitrogen and oxygen atoms in total. The van der Waals surface area contributed by atoms with Crippen molar-refractivity contribution in [1.82, 2.24) is 4.90 Å². The van der Waals surface area contributed by atoms with Gasteiger partial charge in [0.1, 0.15) is 6.10 Å². The molecular weight excluding hydrogens is 429 g/mol. The molecule has 0 aromatic heterocycles. The van der Waals surface area contributed by atoms with E-state index >= 15 is 0 Å². The van der Waals surface area contributed by atoms with E-state index in [-0.39, 0.29) is 29.3 Å². The summed E-state index contributed by atoms with van der Waals surface area (Å²) in [4.78, 5) is 17.1. The van der Waals surface area contributed by atoms with Gasteiger partial charge < -0.3 is 9.64 Å². The molecule has 1 aromatic carbocycles. The lowest BCUT2D eigenvalue weighted by Gasteiger charge is -2.46. The van der Waals surface area contributed by atoms with E-state index in [0.29, 0.717) is 31.2 Å². The molecule has 0 radical (unpaired) electrons. The van der Waals surface area contributed by atoms with E-state index in [0.717, 1.165) is 25.6 Å². The number of rotatable bonds is 3. The quantitative estimate of drug-likeness (QED) is 0.460. The maximum absolute atomic E-state index is 13.1. The fourth-order valence-corrected chi connectivity index (χ4v) is 6.60. The highest BCUT2D eigenvalue weighted by atomic mass is 19.4. The van der Waals surface area contributed by atoms with Crippen molar-refractivity contribution in [2.24, 2.45) is 23.2 Å². The van der Waals surface area contributed by atoms with Crippen LogP contribution in [0.5, 0.6) is 0 Å². The van der Waals surface area contributed by atoms with Crippen molar-refractivity contribution >= 4 is 11.7 Å². The van der Waals surface area contributed by atoms with Gasteiger partial charge in [0.25, 0.3) is 0 Å². The lowest BCUT2D eigenvalue weighted by molar-refractivity contribution is -0.145. The van der Waals surface area contributed by atoms with E-state index in [4.69, 9.17) is 4.74 Å². The first-order valence-electron chi connectivity index (χ1n) is 12.2. The minimum Gasteiger partial charge on any atom is -0.461 e. The first kappa shape index (κ1) is 22.8. The number of allylic oxidation sites excluding steroid dienone is 1. The molecular formula is C26H33F3N2O2. The number of alkyl halides is 3. The van der Waals surface area contributed by atoms with E-state index < -0.39 is 11.7 Å². The van der Waals surface area contributed by atoms with Crippen molar-refractivity contribution in [2.75, 3.05) is 37.6 Å². The summed E-state index contributed by atoms with van der Waals surface area (Å²) >= 11 is 0. The zero-order valence-corrected chi connectivity index (χ0v) is 19.4. The number of hydrogen-bond donors (Lipinski definition) is 0. The summed E-state index contributed by atoms with van der Waals surface area (Å²) in [5.74, 6) is 0.470. The lowest BCUT2D eigenvalue weighted by atomic mass is 9.59. The number of anilines is 1. The van der Waals surface area contributed by atoms with Gasteiger partial charge in [-0.1, -0.05) is 38.0 Å². The molecule has 1 aromatic rings. The van der Waals surface area contributed by atoms with Crippen molar-refractivity contribution in [1.29, 1.82) is 0 Å². The number of piperazine rings is 1. The Labute approximate surface area is 193 Å². The Bertz CT molecular complexity index is 938. The number of ether oxygens (including phenoxy) is 1. The van der Waals surface area contributed by atoms with Crippen molar-refractivity contribution in [3.8, 4) is 0 Å². The fraction of sp³-hybridized carbons (Fsp3) is 0.654. The molecule has 0 bridgehead atoms. The average Bonchev–Trinajstić information content (AvgIpc) is 3.06. The summed E-state index contributed by atoms with van der Waals surface area (Å²) in [6.45, 7) is 8.04. The third-order valence-corrected chi connectivity index (χ3v) is 8.45. The third kappa shape index (κ3) is 4.29. The molecule has 7 heteroatoms. The number of carbonyl (C=O) groups excluding carboxylic acids is 1. The van der Waals surface area contributed by atoms with Gasteiger partial charge in [-0.15, -0.1) is 0 Å². The van der Waals surface area contributed by atoms with Crippen LogP contribution in [0, 0.1) is 23.2 Å². The number of nitrogens with zero attached hydrogens (tertiary/aromatic N) is 2. The Balaban J connectivity index is 1.24. The van der Waals surface area contributed by atoms with Crippen LogP contribution < -0.4 is 4.90 Å². The summed E-state index contributed by atoms with van der Waals surface area (Å²) in [6.07, 6.45) is 2.58. The maximum atomic E-state index is 13.1. The number of benzene rings is 1. The highest BCUT2D eigenvalue weighted by Crippen LogP contribution is 2.54. The zero-order valence-electron chi connectivity index (χ0n) is 19.4. The topological polar surface area (TPSA) is 32.8 Å². The molecule has 5 rings (SSSR count). The van der Waals surface area contributed by atoms with Gasteiger partial charge >= 0.3 is 12.1 Å². The molecule has 2 saturated heterocycles. The molecule has 2 aliphatic carbocycles. The Morgan fingerprint density at radius 1 is 1.18 bits per heavy atom. The van der Waals surface area contributed by atoms with Crippen LogP contribution >= 0.6 is 0 Å². The van der Waals surface area contributed by atoms with Gasteiger partial charge in [-0.25, -0.2) is 0 Å². The van der Waals surface area contributed by atoms with Gasteiger partial charge in [0.15, 0.2) is 0 Å². The van der Waals surface area contributed by atoms with Crippen molar-refractivity contribution in [2.45, 2.75) is 51.8 Å². The summed E-state index contributed by atoms with van der Waals surface area (Å²) in [5.41, 5.74) is 1.67. The molecule has 0 amide bonds. The molecule has 2 aliphatic heterocycles. The first-order valence-corrected chi connectivity index (χ1v) is 12.2. The molecule has 1 saturated carbocycles. The van der Waals surface area contributed by atoms with Gasteiger partial charge in [-0.2, -0.15) is 13.2 Å². The molecule has 33 heavy (non-hydrogen) atoms. The standard InChI is InChI=1S/C26H33F3N2O2/c1-17-5-4-8-25(2)15-23-20(14-22(17)25)21(24(32)33-23)16-30-9-11-31(12-10-30)19-7-3-6-18(13-19)26(27,28)29/h3,6-7,13-14,17,20-21,23H,4-5,8-12,15-16H2,1-2H3/t17-,20+,21+,23+,25+/m0/s1. The predicted molar refractivity (Wildman–Crippen MR) is 121 cm³/mol. The highest BCUT2D eigenvalue weighted by Gasteiger charge is 2.52. The molecule has 5 atom stereocenters. The number of esters is 1. The zero-order chi connectivity index (χ0) is 23.4. The van der Waals surface area contributed by atoms with Crippen LogP contribution in [-0.4, -0.2) is 49.7 Å². The average molecular weight is 463 g/mol. The number of halogens is 3. The summed E-state index contributed by atoms with van der Waals surface area (Å²) in [5, 5.41) is 0. The Morgan fingerprint density at radius 3 is 2.67 bits per heavy atom. The fourth-order valence-electron chi connectivity index (χ4n) is 6.60. The summed E-state index contributed by atoms with van der Waals surface area (Å²) in [6, 6.07) is 5.54. The van der Waals surface area contributed by atoms with Gasteiger partial charge in [0, 0.05) is 44.3 Å². The highest BCUT2D eigenvalue weighted by molar-refractivity contribution is 5.76. The van der Waals surface area contributed by atoms with E-state index in [1.54, 1.807) is 6.07 Å². The second-order valence-electron chi connectivity index (χ2n) is 10.7. The normalized spacial score (nSPS) is 35.0. The number of carbonyl (C=O) groups is 1. The van der Waals surface area contributed by atoms with Crippen LogP contribution in [0.25, 0.3) is 0 Å². The predicted octanol–water partition coefficient (Wildman–Crippen LogP) is 5.14. The Morgan fingerprint density at radius 2 is 1.94 bits per heavy atom. The van der Waals surface area contributed by atoms with Gasteiger partial charge in [0.05, 0.1) is 11.5 Å². The van der Waals surface area contributed by atoms with E-state index in [1.807, 2.05) is 4.90 Å². The van der Waals surface area contributed by atoms with Gasteiger partial charge in [0.2, 0.25) is 0 Å². The van der Waals surface area contributed by atoms with Crippen LogP contribution in [0.15, 0.2) is 35.9 Å². The molecule has 0 N–H and O–H groups in total. The molecule has 4 aliphatic rings. The molecule has 180 valence electrons. The largest absolute Gasteiger partial charge is 0.461 e. The van der Waals surface area contributed by atoms with Crippen LogP contribution in [0.4, 0.5) is 18.9 Å². The summed E-state index contributed by atoms with van der Waals surface area (Å²) in [7, 11) is 0. The van der Waals surface area contributed by atoms with Crippen molar-refractivity contribution < 1.29 is 22.7 Å². The van der Waals surface area contributed by atoms with Crippen LogP contribution in [-0.2, 0) is 15.7 Å². The SMILES string of the molecule is C[C@H]1CCC[C@]2(C)C[C@H]3OC(=O)[C@H](CN4CCN(c5cccc(C(F)(F)F)c5)CC4)[C@H]3C=C12. The first-order chi connectivity index (χ1) is 15.6. The van der Waals surface area contributed by atoms with Crippen molar-refractivity contribution in [3.63, 3.8) is 0 Å². The monoisotopic (exact) mass is 462 g/mol. The molecule has 2 heterocycles. The maximum Gasteiger partial charge on any atom is 0.416 e. The molecule has 3 fully saturated rings. The van der Waals surface area contributed by atoms with Gasteiger partial charge in [-0.05, 0) is 48.8 Å².